The maximum absolute atomic E-state index is 12.7. The molecular formula is C19H30N2O3S. The molecule has 0 aliphatic heterocycles. The van der Waals surface area contributed by atoms with Gasteiger partial charge in [0, 0.05) is 14.1 Å². The van der Waals surface area contributed by atoms with E-state index in [2.05, 4.69) is 4.72 Å². The van der Waals surface area contributed by atoms with Gasteiger partial charge in [0.25, 0.3) is 0 Å². The Morgan fingerprint density at radius 3 is 2.12 bits per heavy atom. The van der Waals surface area contributed by atoms with Crippen molar-refractivity contribution >= 4 is 15.9 Å². The van der Waals surface area contributed by atoms with Crippen molar-refractivity contribution in [2.45, 2.75) is 62.8 Å². The van der Waals surface area contributed by atoms with E-state index in [1.165, 1.54) is 42.6 Å². The van der Waals surface area contributed by atoms with E-state index in [0.29, 0.717) is 5.92 Å². The normalized spacial score (nSPS) is 17.5. The summed E-state index contributed by atoms with van der Waals surface area (Å²) in [5, 5.41) is 0. The molecule has 1 amide bonds. The van der Waals surface area contributed by atoms with Crippen molar-refractivity contribution in [2.24, 2.45) is 5.92 Å². The third-order valence-electron chi connectivity index (χ3n) is 4.92. The molecule has 1 aliphatic rings. The summed E-state index contributed by atoms with van der Waals surface area (Å²) in [6.07, 6.45) is 6.14. The quantitative estimate of drug-likeness (QED) is 0.841. The van der Waals surface area contributed by atoms with Crippen LogP contribution in [-0.2, 0) is 14.8 Å². The van der Waals surface area contributed by atoms with Gasteiger partial charge in [0.1, 0.15) is 6.04 Å². The van der Waals surface area contributed by atoms with Gasteiger partial charge in [0.15, 0.2) is 0 Å². The first-order chi connectivity index (χ1) is 11.7. The number of likely N-dealkylation sites (N-methyl/N-ethyl adjacent to an activating group) is 1. The molecule has 6 heteroatoms. The van der Waals surface area contributed by atoms with Crippen molar-refractivity contribution in [3.63, 3.8) is 0 Å². The van der Waals surface area contributed by atoms with Crippen LogP contribution in [0, 0.1) is 5.92 Å². The highest BCUT2D eigenvalue weighted by atomic mass is 32.2. The summed E-state index contributed by atoms with van der Waals surface area (Å²) in [6.45, 7) is 3.67. The van der Waals surface area contributed by atoms with Crippen LogP contribution in [0.5, 0.6) is 0 Å². The van der Waals surface area contributed by atoms with Gasteiger partial charge in [0.2, 0.25) is 15.9 Å². The van der Waals surface area contributed by atoms with Crippen molar-refractivity contribution in [1.29, 1.82) is 0 Å². The van der Waals surface area contributed by atoms with Gasteiger partial charge in [-0.3, -0.25) is 4.79 Å². The van der Waals surface area contributed by atoms with E-state index in [1.807, 2.05) is 26.0 Å². The fourth-order valence-corrected chi connectivity index (χ4v) is 4.68. The van der Waals surface area contributed by atoms with E-state index >= 15 is 0 Å². The summed E-state index contributed by atoms with van der Waals surface area (Å²) < 4.78 is 27.9. The lowest BCUT2D eigenvalue weighted by Gasteiger charge is -2.25. The maximum atomic E-state index is 12.7. The summed E-state index contributed by atoms with van der Waals surface area (Å²) in [6, 6.07) is 6.39. The van der Waals surface area contributed by atoms with Crippen molar-refractivity contribution in [3.05, 3.63) is 29.8 Å². The number of carbonyl (C=O) groups excluding carboxylic acids is 1. The van der Waals surface area contributed by atoms with Crippen LogP contribution < -0.4 is 4.72 Å². The molecule has 0 bridgehead atoms. The van der Waals surface area contributed by atoms with Crippen LogP contribution in [0.25, 0.3) is 0 Å². The molecule has 1 aliphatic carbocycles. The summed E-state index contributed by atoms with van der Waals surface area (Å²) in [4.78, 5) is 13.9. The van der Waals surface area contributed by atoms with Crippen LogP contribution >= 0.6 is 0 Å². The Kier molecular flexibility index (Phi) is 6.63. The first kappa shape index (κ1) is 19.9. The first-order valence-corrected chi connectivity index (χ1v) is 10.5. The highest BCUT2D eigenvalue weighted by Gasteiger charge is 2.29. The van der Waals surface area contributed by atoms with E-state index < -0.39 is 16.1 Å². The summed E-state index contributed by atoms with van der Waals surface area (Å²) in [7, 11) is -0.468. The highest BCUT2D eigenvalue weighted by Crippen LogP contribution is 2.32. The standard InChI is InChI=1S/C19H30N2O3S/c1-14(2)18(19(22)21(3)4)20-25(23,24)17-12-10-16(11-13-17)15-8-6-5-7-9-15/h10-15,18,20H,5-9H2,1-4H3/t18-/m0/s1. The third-order valence-corrected chi connectivity index (χ3v) is 6.38. The van der Waals surface area contributed by atoms with Crippen molar-refractivity contribution in [2.75, 3.05) is 14.1 Å². The monoisotopic (exact) mass is 366 g/mol. The first-order valence-electron chi connectivity index (χ1n) is 9.06. The summed E-state index contributed by atoms with van der Waals surface area (Å²) in [5.74, 6) is 0.167. The summed E-state index contributed by atoms with van der Waals surface area (Å²) in [5.41, 5.74) is 1.21. The average Bonchev–Trinajstić information content (AvgIpc) is 2.59. The van der Waals surface area contributed by atoms with Crippen LogP contribution in [-0.4, -0.2) is 39.4 Å². The molecule has 1 atom stereocenters. The predicted octanol–water partition coefficient (Wildman–Crippen LogP) is 3.13. The molecule has 1 N–H and O–H groups in total. The third kappa shape index (κ3) is 5.05. The molecule has 0 aromatic heterocycles. The zero-order chi connectivity index (χ0) is 18.6. The van der Waals surface area contributed by atoms with Gasteiger partial charge in [-0.2, -0.15) is 4.72 Å². The zero-order valence-corrected chi connectivity index (χ0v) is 16.5. The SMILES string of the molecule is CC(C)[C@H](NS(=O)(=O)c1ccc(C2CCCCC2)cc1)C(=O)N(C)C. The molecule has 1 saturated carbocycles. The van der Waals surface area contributed by atoms with Crippen LogP contribution in [0.4, 0.5) is 0 Å². The number of hydrogen-bond acceptors (Lipinski definition) is 3. The fourth-order valence-electron chi connectivity index (χ4n) is 3.34. The molecule has 1 aromatic carbocycles. The predicted molar refractivity (Wildman–Crippen MR) is 99.9 cm³/mol. The van der Waals surface area contributed by atoms with E-state index in [1.54, 1.807) is 26.2 Å². The molecule has 140 valence electrons. The molecule has 0 spiro atoms. The Morgan fingerprint density at radius 1 is 1.08 bits per heavy atom. The number of nitrogens with zero attached hydrogens (tertiary/aromatic N) is 1. The van der Waals surface area contributed by atoms with Crippen LogP contribution in [0.1, 0.15) is 57.4 Å². The van der Waals surface area contributed by atoms with E-state index in [0.717, 1.165) is 0 Å². The Balaban J connectivity index is 2.16. The second-order valence-corrected chi connectivity index (χ2v) is 9.19. The molecular weight excluding hydrogens is 336 g/mol. The number of benzene rings is 1. The molecule has 0 saturated heterocycles. The molecule has 1 fully saturated rings. The lowest BCUT2D eigenvalue weighted by Crippen LogP contribution is -2.49. The fraction of sp³-hybridized carbons (Fsp3) is 0.632. The number of rotatable bonds is 6. The van der Waals surface area contributed by atoms with Gasteiger partial charge in [-0.1, -0.05) is 45.2 Å². The number of amides is 1. The molecule has 2 rings (SSSR count). The zero-order valence-electron chi connectivity index (χ0n) is 15.7. The van der Waals surface area contributed by atoms with Crippen molar-refractivity contribution < 1.29 is 13.2 Å². The molecule has 1 aromatic rings. The minimum atomic E-state index is -3.73. The second-order valence-electron chi connectivity index (χ2n) is 7.48. The Morgan fingerprint density at radius 2 is 1.64 bits per heavy atom. The molecule has 0 heterocycles. The number of carbonyl (C=O) groups is 1. The van der Waals surface area contributed by atoms with Crippen LogP contribution in [0.15, 0.2) is 29.2 Å². The molecule has 5 nitrogen and oxygen atoms in total. The van der Waals surface area contributed by atoms with Crippen molar-refractivity contribution in [3.8, 4) is 0 Å². The van der Waals surface area contributed by atoms with Gasteiger partial charge >= 0.3 is 0 Å². The van der Waals surface area contributed by atoms with Crippen LogP contribution in [0.3, 0.4) is 0 Å². The van der Waals surface area contributed by atoms with Gasteiger partial charge in [-0.15, -0.1) is 0 Å². The minimum absolute atomic E-state index is 0.133. The lowest BCUT2D eigenvalue weighted by atomic mass is 9.84. The molecule has 0 radical (unpaired) electrons. The maximum Gasteiger partial charge on any atom is 0.241 e. The van der Waals surface area contributed by atoms with Crippen LogP contribution in [0.2, 0.25) is 0 Å². The van der Waals surface area contributed by atoms with Gasteiger partial charge in [-0.25, -0.2) is 8.42 Å². The van der Waals surface area contributed by atoms with Crippen molar-refractivity contribution in [1.82, 2.24) is 9.62 Å². The summed E-state index contributed by atoms with van der Waals surface area (Å²) >= 11 is 0. The van der Waals surface area contributed by atoms with E-state index in [4.69, 9.17) is 0 Å². The van der Waals surface area contributed by atoms with Gasteiger partial charge in [-0.05, 0) is 42.4 Å². The second kappa shape index (κ2) is 8.32. The average molecular weight is 367 g/mol. The number of hydrogen-bond donors (Lipinski definition) is 1. The van der Waals surface area contributed by atoms with E-state index in [9.17, 15) is 13.2 Å². The Labute approximate surface area is 151 Å². The smallest absolute Gasteiger partial charge is 0.241 e. The van der Waals surface area contributed by atoms with Gasteiger partial charge < -0.3 is 4.90 Å². The Bertz CT molecular complexity index is 675. The van der Waals surface area contributed by atoms with E-state index in [-0.39, 0.29) is 16.7 Å². The molecule has 25 heavy (non-hydrogen) atoms. The topological polar surface area (TPSA) is 66.5 Å². The highest BCUT2D eigenvalue weighted by molar-refractivity contribution is 7.89. The number of sulfonamides is 1. The Hall–Kier alpha value is -1.40. The minimum Gasteiger partial charge on any atom is -0.347 e. The lowest BCUT2D eigenvalue weighted by molar-refractivity contribution is -0.131. The molecule has 0 unspecified atom stereocenters. The largest absolute Gasteiger partial charge is 0.347 e. The number of nitrogens with one attached hydrogen (secondary N) is 1. The van der Waals surface area contributed by atoms with Gasteiger partial charge in [0.05, 0.1) is 4.90 Å².